The second kappa shape index (κ2) is 3.28. The third-order valence-corrected chi connectivity index (χ3v) is 2.47. The van der Waals surface area contributed by atoms with E-state index in [9.17, 15) is 5.11 Å². The van der Waals surface area contributed by atoms with E-state index in [1.807, 2.05) is 0 Å². The van der Waals surface area contributed by atoms with Crippen LogP contribution in [0.1, 0.15) is 39.0 Å². The molecule has 1 heteroatoms. The fraction of sp³-hybridized carbons (Fsp3) is 0.800. The summed E-state index contributed by atoms with van der Waals surface area (Å²) in [4.78, 5) is 0. The Kier molecular flexibility index (Phi) is 2.57. The van der Waals surface area contributed by atoms with E-state index in [1.165, 1.54) is 25.7 Å². The van der Waals surface area contributed by atoms with Crippen molar-refractivity contribution in [1.29, 1.82) is 0 Å². The molecule has 1 N–H and O–H groups in total. The van der Waals surface area contributed by atoms with Gasteiger partial charge in [-0.15, -0.1) is 6.42 Å². The molecule has 1 aliphatic carbocycles. The number of aliphatic hydroxyl groups is 1. The van der Waals surface area contributed by atoms with Crippen LogP contribution in [-0.4, -0.2) is 10.7 Å². The Labute approximate surface area is 68.8 Å². The molecule has 0 aromatic carbocycles. The molecule has 1 fully saturated rings. The Morgan fingerprint density at radius 3 is 2.55 bits per heavy atom. The number of rotatable bonds is 2. The van der Waals surface area contributed by atoms with E-state index in [1.54, 1.807) is 6.92 Å². The van der Waals surface area contributed by atoms with Crippen molar-refractivity contribution >= 4 is 0 Å². The van der Waals surface area contributed by atoms with Crippen molar-refractivity contribution in [3.63, 3.8) is 0 Å². The fourth-order valence-electron chi connectivity index (χ4n) is 1.84. The summed E-state index contributed by atoms with van der Waals surface area (Å²) in [5.74, 6) is 3.09. The summed E-state index contributed by atoms with van der Waals surface area (Å²) in [7, 11) is 0. The highest BCUT2D eigenvalue weighted by atomic mass is 16.3. The molecule has 0 amide bonds. The van der Waals surface area contributed by atoms with E-state index in [0.29, 0.717) is 5.92 Å². The normalized spacial score (nSPS) is 24.5. The van der Waals surface area contributed by atoms with E-state index in [4.69, 9.17) is 6.42 Å². The molecule has 0 radical (unpaired) electrons. The standard InChI is InChI=1S/C10H16O/c1-3-10(2,11)8-9-6-4-5-7-9/h1,9,11H,4-8H2,2H3. The summed E-state index contributed by atoms with van der Waals surface area (Å²) in [6, 6.07) is 0. The summed E-state index contributed by atoms with van der Waals surface area (Å²) in [6.45, 7) is 1.73. The van der Waals surface area contributed by atoms with Crippen LogP contribution in [0.25, 0.3) is 0 Å². The van der Waals surface area contributed by atoms with Gasteiger partial charge in [-0.05, 0) is 19.3 Å². The quantitative estimate of drug-likeness (QED) is 0.600. The second-order valence-electron chi connectivity index (χ2n) is 3.77. The zero-order valence-corrected chi connectivity index (χ0v) is 7.14. The molecule has 0 saturated heterocycles. The van der Waals surface area contributed by atoms with Gasteiger partial charge in [0.1, 0.15) is 5.60 Å². The minimum absolute atomic E-state index is 0.668. The van der Waals surface area contributed by atoms with Gasteiger partial charge >= 0.3 is 0 Å². The van der Waals surface area contributed by atoms with Crippen LogP contribution in [-0.2, 0) is 0 Å². The Hall–Kier alpha value is -0.480. The van der Waals surface area contributed by atoms with Crippen LogP contribution in [0.2, 0.25) is 0 Å². The smallest absolute Gasteiger partial charge is 0.122 e. The van der Waals surface area contributed by atoms with Gasteiger partial charge in [-0.3, -0.25) is 0 Å². The molecule has 0 aliphatic heterocycles. The predicted molar refractivity (Wildman–Crippen MR) is 46.0 cm³/mol. The van der Waals surface area contributed by atoms with Crippen molar-refractivity contribution in [2.75, 3.05) is 0 Å². The molecule has 1 aliphatic rings. The summed E-state index contributed by atoms with van der Waals surface area (Å²) in [5.41, 5.74) is -0.866. The van der Waals surface area contributed by atoms with Crippen LogP contribution >= 0.6 is 0 Å². The van der Waals surface area contributed by atoms with E-state index < -0.39 is 5.60 Å². The minimum atomic E-state index is -0.866. The van der Waals surface area contributed by atoms with Gasteiger partial charge in [-0.1, -0.05) is 31.6 Å². The van der Waals surface area contributed by atoms with Gasteiger partial charge in [0, 0.05) is 0 Å². The van der Waals surface area contributed by atoms with Gasteiger partial charge in [0.25, 0.3) is 0 Å². The van der Waals surface area contributed by atoms with Crippen molar-refractivity contribution < 1.29 is 5.11 Å². The van der Waals surface area contributed by atoms with Gasteiger partial charge in [-0.25, -0.2) is 0 Å². The molecule has 0 bridgehead atoms. The first-order valence-electron chi connectivity index (χ1n) is 4.34. The minimum Gasteiger partial charge on any atom is -0.378 e. The number of hydrogen-bond acceptors (Lipinski definition) is 1. The van der Waals surface area contributed by atoms with Gasteiger partial charge in [0.2, 0.25) is 0 Å². The van der Waals surface area contributed by atoms with Crippen LogP contribution < -0.4 is 0 Å². The molecule has 1 unspecified atom stereocenters. The zero-order valence-electron chi connectivity index (χ0n) is 7.14. The zero-order chi connectivity index (χ0) is 8.32. The van der Waals surface area contributed by atoms with Gasteiger partial charge in [0.05, 0.1) is 0 Å². The monoisotopic (exact) mass is 152 g/mol. The Morgan fingerprint density at radius 2 is 2.09 bits per heavy atom. The molecule has 11 heavy (non-hydrogen) atoms. The van der Waals surface area contributed by atoms with Crippen LogP contribution in [0.3, 0.4) is 0 Å². The summed E-state index contributed by atoms with van der Waals surface area (Å²) in [5, 5.41) is 9.55. The van der Waals surface area contributed by atoms with Gasteiger partial charge < -0.3 is 5.11 Å². The molecular weight excluding hydrogens is 136 g/mol. The van der Waals surface area contributed by atoms with Crippen molar-refractivity contribution in [3.8, 4) is 12.3 Å². The van der Waals surface area contributed by atoms with Gasteiger partial charge in [-0.2, -0.15) is 0 Å². The fourth-order valence-corrected chi connectivity index (χ4v) is 1.84. The summed E-state index contributed by atoms with van der Waals surface area (Å²) >= 11 is 0. The lowest BCUT2D eigenvalue weighted by Crippen LogP contribution is -2.24. The highest BCUT2D eigenvalue weighted by molar-refractivity contribution is 5.05. The summed E-state index contributed by atoms with van der Waals surface area (Å²) in [6.07, 6.45) is 11.1. The van der Waals surface area contributed by atoms with Crippen LogP contribution in [0.15, 0.2) is 0 Å². The third kappa shape index (κ3) is 2.55. The first kappa shape index (κ1) is 8.62. The average molecular weight is 152 g/mol. The SMILES string of the molecule is C#CC(C)(O)CC1CCCC1. The lowest BCUT2D eigenvalue weighted by Gasteiger charge is -2.20. The molecule has 0 spiro atoms. The Morgan fingerprint density at radius 1 is 1.55 bits per heavy atom. The first-order chi connectivity index (χ1) is 5.14. The van der Waals surface area contributed by atoms with Gasteiger partial charge in [0.15, 0.2) is 0 Å². The van der Waals surface area contributed by atoms with E-state index >= 15 is 0 Å². The summed E-state index contributed by atoms with van der Waals surface area (Å²) < 4.78 is 0. The van der Waals surface area contributed by atoms with Crippen molar-refractivity contribution in [1.82, 2.24) is 0 Å². The highest BCUT2D eigenvalue weighted by Crippen LogP contribution is 2.31. The maximum atomic E-state index is 9.55. The maximum absolute atomic E-state index is 9.55. The average Bonchev–Trinajstić information content (AvgIpc) is 2.39. The molecule has 1 saturated carbocycles. The first-order valence-corrected chi connectivity index (χ1v) is 4.34. The molecule has 1 atom stereocenters. The molecular formula is C10H16O. The largest absolute Gasteiger partial charge is 0.378 e. The van der Waals surface area contributed by atoms with Crippen LogP contribution in [0.5, 0.6) is 0 Å². The van der Waals surface area contributed by atoms with Crippen molar-refractivity contribution in [2.24, 2.45) is 5.92 Å². The van der Waals surface area contributed by atoms with E-state index in [0.717, 1.165) is 6.42 Å². The number of terminal acetylenes is 1. The highest BCUT2D eigenvalue weighted by Gasteiger charge is 2.24. The van der Waals surface area contributed by atoms with E-state index in [2.05, 4.69) is 5.92 Å². The van der Waals surface area contributed by atoms with Crippen molar-refractivity contribution in [3.05, 3.63) is 0 Å². The third-order valence-electron chi connectivity index (χ3n) is 2.47. The molecule has 62 valence electrons. The molecule has 0 heterocycles. The number of hydrogen-bond donors (Lipinski definition) is 1. The van der Waals surface area contributed by atoms with Crippen LogP contribution in [0.4, 0.5) is 0 Å². The topological polar surface area (TPSA) is 20.2 Å². The molecule has 1 rings (SSSR count). The predicted octanol–water partition coefficient (Wildman–Crippen LogP) is 1.95. The molecule has 0 aromatic heterocycles. The molecule has 0 aromatic rings. The Bertz CT molecular complexity index is 158. The second-order valence-corrected chi connectivity index (χ2v) is 3.77. The lowest BCUT2D eigenvalue weighted by atomic mass is 9.92. The van der Waals surface area contributed by atoms with Crippen LogP contribution in [0, 0.1) is 18.3 Å². The Balaban J connectivity index is 2.35. The maximum Gasteiger partial charge on any atom is 0.122 e. The molecule has 1 nitrogen and oxygen atoms in total. The van der Waals surface area contributed by atoms with Crippen molar-refractivity contribution in [2.45, 2.75) is 44.6 Å². The lowest BCUT2D eigenvalue weighted by molar-refractivity contribution is 0.0927. The van der Waals surface area contributed by atoms with E-state index in [-0.39, 0.29) is 0 Å².